The highest BCUT2D eigenvalue weighted by Gasteiger charge is 2.91. The van der Waals surface area contributed by atoms with E-state index in [1.165, 1.54) is 0 Å². The minimum absolute atomic E-state index is 0.0199. The van der Waals surface area contributed by atoms with Crippen molar-refractivity contribution >= 4 is 8.53 Å². The Morgan fingerprint density at radius 3 is 2.04 bits per heavy atom. The monoisotopic (exact) mass is 804 g/mol. The number of aromatic amines is 1. The summed E-state index contributed by atoms with van der Waals surface area (Å²) in [5.41, 5.74) is -7.29. The molecule has 57 heavy (non-hydrogen) atoms. The van der Waals surface area contributed by atoms with E-state index < -0.39 is 67.2 Å². The summed E-state index contributed by atoms with van der Waals surface area (Å²) in [7, 11) is 0.976. The summed E-state index contributed by atoms with van der Waals surface area (Å²) in [5.74, 6) is 1.18. The van der Waals surface area contributed by atoms with Gasteiger partial charge in [0.25, 0.3) is 14.1 Å². The topological polar surface area (TPSA) is 137 Å². The molecule has 3 fully saturated rings. The number of nitrogens with one attached hydrogen (secondary N) is 1. The summed E-state index contributed by atoms with van der Waals surface area (Å²) >= 11 is 0. The number of halogens is 2. The lowest BCUT2D eigenvalue weighted by molar-refractivity contribution is -0.167. The summed E-state index contributed by atoms with van der Waals surface area (Å²) in [6.45, 7) is 7.73. The van der Waals surface area contributed by atoms with Crippen molar-refractivity contribution in [1.82, 2.24) is 14.2 Å². The third-order valence-corrected chi connectivity index (χ3v) is 13.3. The fourth-order valence-electron chi connectivity index (χ4n) is 8.60. The van der Waals surface area contributed by atoms with Gasteiger partial charge < -0.3 is 28.0 Å². The number of H-pyrrole nitrogens is 1. The second kappa shape index (κ2) is 15.7. The molecule has 2 heterocycles. The lowest BCUT2D eigenvalue weighted by Crippen LogP contribution is -2.53. The van der Waals surface area contributed by atoms with Crippen LogP contribution < -0.4 is 20.7 Å². The minimum Gasteiger partial charge on any atom is -0.497 e. The fourth-order valence-corrected chi connectivity index (χ4v) is 10.4. The van der Waals surface area contributed by atoms with Gasteiger partial charge in [0.1, 0.15) is 40.1 Å². The first-order chi connectivity index (χ1) is 27.3. The Kier molecular flexibility index (Phi) is 11.2. The predicted molar refractivity (Wildman–Crippen MR) is 208 cm³/mol. The first-order valence-electron chi connectivity index (χ1n) is 18.9. The molecular formula is C42H47F2N4O8P. The molecule has 1 aromatic heterocycles. The first-order valence-corrected chi connectivity index (χ1v) is 20.0. The lowest BCUT2D eigenvalue weighted by Gasteiger charge is -2.43. The normalized spacial score (nSPS) is 26.9. The summed E-state index contributed by atoms with van der Waals surface area (Å²) in [6.07, 6.45) is -4.72. The third kappa shape index (κ3) is 6.88. The van der Waals surface area contributed by atoms with E-state index in [-0.39, 0.29) is 31.5 Å². The van der Waals surface area contributed by atoms with Crippen LogP contribution in [-0.4, -0.2) is 76.3 Å². The highest BCUT2D eigenvalue weighted by Crippen LogP contribution is 2.76. The van der Waals surface area contributed by atoms with Crippen LogP contribution in [0.1, 0.15) is 69.9 Å². The molecule has 0 bridgehead atoms. The minimum atomic E-state index is -2.17. The van der Waals surface area contributed by atoms with Crippen LogP contribution >= 0.6 is 8.53 Å². The van der Waals surface area contributed by atoms with Crippen molar-refractivity contribution in [2.24, 2.45) is 0 Å². The van der Waals surface area contributed by atoms with Crippen molar-refractivity contribution in [3.63, 3.8) is 0 Å². The van der Waals surface area contributed by atoms with E-state index >= 15 is 8.78 Å². The molecule has 1 N–H and O–H groups in total. The maximum absolute atomic E-state index is 18.0. The Bertz CT molecular complexity index is 2150. The third-order valence-electron chi connectivity index (χ3n) is 11.1. The van der Waals surface area contributed by atoms with E-state index in [1.807, 2.05) is 87.0 Å². The number of alkyl halides is 2. The zero-order valence-corrected chi connectivity index (χ0v) is 33.6. The zero-order chi connectivity index (χ0) is 40.8. The largest absolute Gasteiger partial charge is 0.497 e. The highest BCUT2D eigenvalue weighted by atomic mass is 31.2. The molecule has 7 atom stereocenters. The van der Waals surface area contributed by atoms with Gasteiger partial charge in [-0.15, -0.1) is 0 Å². The molecule has 0 amide bonds. The second-order valence-corrected chi connectivity index (χ2v) is 16.6. The maximum Gasteiger partial charge on any atom is 0.330 e. The maximum atomic E-state index is 18.0. The Morgan fingerprint density at radius 1 is 0.930 bits per heavy atom. The van der Waals surface area contributed by atoms with Gasteiger partial charge in [-0.25, -0.2) is 18.2 Å². The van der Waals surface area contributed by atoms with Crippen LogP contribution in [0.2, 0.25) is 0 Å². The molecule has 7 rings (SSSR count). The molecule has 1 saturated heterocycles. The number of methoxy groups -OCH3 is 2. The Balaban J connectivity index is 1.44. The Hall–Kier alpha value is -4.48. The van der Waals surface area contributed by atoms with E-state index in [0.29, 0.717) is 28.2 Å². The Morgan fingerprint density at radius 2 is 1.51 bits per heavy atom. The molecule has 0 radical (unpaired) electrons. The van der Waals surface area contributed by atoms with Gasteiger partial charge in [0.05, 0.1) is 33.3 Å². The van der Waals surface area contributed by atoms with Crippen LogP contribution in [0.15, 0.2) is 101 Å². The van der Waals surface area contributed by atoms with E-state index in [1.54, 1.807) is 38.5 Å². The van der Waals surface area contributed by atoms with E-state index in [2.05, 4.69) is 11.1 Å². The van der Waals surface area contributed by atoms with Crippen molar-refractivity contribution < 1.29 is 36.8 Å². The van der Waals surface area contributed by atoms with Gasteiger partial charge in [-0.05, 0) is 68.7 Å². The molecule has 1 unspecified atom stereocenters. The molecule has 0 spiro atoms. The van der Waals surface area contributed by atoms with Crippen molar-refractivity contribution in [2.45, 2.75) is 100 Å². The first kappa shape index (κ1) is 40.7. The van der Waals surface area contributed by atoms with Crippen LogP contribution in [-0.2, 0) is 24.1 Å². The van der Waals surface area contributed by atoms with E-state index in [0.717, 1.165) is 16.8 Å². The van der Waals surface area contributed by atoms with Crippen LogP contribution in [0.3, 0.4) is 0 Å². The number of hydrogen-bond donors (Lipinski definition) is 1. The van der Waals surface area contributed by atoms with Crippen LogP contribution in [0, 0.1) is 11.3 Å². The van der Waals surface area contributed by atoms with Crippen molar-refractivity contribution in [3.05, 3.63) is 129 Å². The molecule has 2 aliphatic carbocycles. The quantitative estimate of drug-likeness (QED) is 0.0711. The van der Waals surface area contributed by atoms with Crippen LogP contribution in [0.25, 0.3) is 0 Å². The predicted octanol–water partition coefficient (Wildman–Crippen LogP) is 7.08. The van der Waals surface area contributed by atoms with Crippen molar-refractivity contribution in [1.29, 1.82) is 5.26 Å². The van der Waals surface area contributed by atoms with Crippen LogP contribution in [0.5, 0.6) is 11.5 Å². The molecule has 15 heteroatoms. The van der Waals surface area contributed by atoms with Gasteiger partial charge in [0.2, 0.25) is 0 Å². The second-order valence-electron chi connectivity index (χ2n) is 15.2. The average molecular weight is 805 g/mol. The molecule has 2 saturated carbocycles. The molecular weight excluding hydrogens is 757 g/mol. The van der Waals surface area contributed by atoms with Crippen molar-refractivity contribution in [3.8, 4) is 17.6 Å². The van der Waals surface area contributed by atoms with Crippen LogP contribution in [0.4, 0.5) is 8.78 Å². The smallest absolute Gasteiger partial charge is 0.330 e. The van der Waals surface area contributed by atoms with Gasteiger partial charge in [0, 0.05) is 37.2 Å². The summed E-state index contributed by atoms with van der Waals surface area (Å²) < 4.78 is 76.9. The summed E-state index contributed by atoms with van der Waals surface area (Å²) in [4.78, 5) is 27.5. The molecule has 3 aromatic carbocycles. The summed E-state index contributed by atoms with van der Waals surface area (Å²) in [5, 5.41) is 9.38. The van der Waals surface area contributed by atoms with Gasteiger partial charge >= 0.3 is 5.69 Å². The molecule has 302 valence electrons. The standard InChI is InChI=1S/C42H47F2N4O8P/c1-27(2)48(28(3)4)57(53-24-10-22-45)56-40-25-39(44)26-41(39,37(40)54-36(35(40)43)47-23-21-34(49)46-38(47)50)55-42(29-11-8-7-9-12-29,30-13-17-32(51-5)18-14-30)31-15-19-33(52-6)20-16-31/h7-9,11-21,23,27-28,35-37H,10,24-26H2,1-6H3,(H,46,49,50)/t35-,36-,37+,39+,40+,41+,57?/m1/s1. The fraction of sp³-hybridized carbons (Fsp3) is 0.452. The Labute approximate surface area is 331 Å². The van der Waals surface area contributed by atoms with Crippen molar-refractivity contribution in [2.75, 3.05) is 20.8 Å². The number of rotatable bonds is 16. The summed E-state index contributed by atoms with van der Waals surface area (Å²) in [6, 6.07) is 26.7. The van der Waals surface area contributed by atoms with Gasteiger partial charge in [-0.3, -0.25) is 14.3 Å². The molecule has 12 nitrogen and oxygen atoms in total. The van der Waals surface area contributed by atoms with E-state index in [4.69, 9.17) is 28.0 Å². The zero-order valence-electron chi connectivity index (χ0n) is 32.7. The number of aromatic nitrogens is 2. The number of nitrogens with zero attached hydrogens (tertiary/aromatic N) is 3. The van der Waals surface area contributed by atoms with Gasteiger partial charge in [0.15, 0.2) is 12.4 Å². The molecule has 3 aliphatic rings. The molecule has 1 aliphatic heterocycles. The number of ether oxygens (including phenoxy) is 4. The average Bonchev–Trinajstić information content (AvgIpc) is 3.58. The number of fused-ring (bicyclic) bond motifs is 3. The number of hydrogen-bond acceptors (Lipinski definition) is 10. The van der Waals surface area contributed by atoms with Gasteiger partial charge in [-0.1, -0.05) is 54.6 Å². The number of benzene rings is 3. The van der Waals surface area contributed by atoms with E-state index in [9.17, 15) is 14.9 Å². The molecule has 4 aromatic rings. The number of nitriles is 1. The SMILES string of the molecule is COc1ccc(C(O[C@]23C[C@@]2(F)C[C@]2(OP(OCCC#N)N(C(C)C)C(C)C)[C@H](F)[C@H](n4ccc(=O)[nH]c4=O)O[C@@H]23)(c2ccccc2)c2ccc(OC)cc2)cc1. The highest BCUT2D eigenvalue weighted by molar-refractivity contribution is 7.44. The van der Waals surface area contributed by atoms with Gasteiger partial charge in [-0.2, -0.15) is 5.26 Å². The lowest BCUT2D eigenvalue weighted by atomic mass is 9.79.